The Labute approximate surface area is 134 Å². The Balaban J connectivity index is 1.86. The van der Waals surface area contributed by atoms with E-state index in [1.165, 1.54) is 12.3 Å². The summed E-state index contributed by atoms with van der Waals surface area (Å²) in [7, 11) is 0. The normalized spacial score (nSPS) is 10.5. The zero-order valence-electron chi connectivity index (χ0n) is 12.1. The third-order valence-electron chi connectivity index (χ3n) is 2.70. The fourth-order valence-corrected chi connectivity index (χ4v) is 1.65. The number of hydrogen-bond donors (Lipinski definition) is 1. The number of carbonyl (C=O) groups is 2. The number of esters is 1. The van der Waals surface area contributed by atoms with Gasteiger partial charge >= 0.3 is 11.7 Å². The standard InChI is InChI=1S/C15H11FN2O6/c16-12-5-3-10(8-13(12)18(21)22)17-14(19)9-24-15(20)6-4-11-2-1-7-23-11/h1-8H,9H2,(H,17,19). The van der Waals surface area contributed by atoms with E-state index in [1.54, 1.807) is 12.1 Å². The minimum atomic E-state index is -1.02. The molecule has 0 fully saturated rings. The second kappa shape index (κ2) is 7.68. The molecule has 0 atom stereocenters. The number of rotatable bonds is 6. The molecule has 8 nitrogen and oxygen atoms in total. The van der Waals surface area contributed by atoms with Crippen LogP contribution in [-0.4, -0.2) is 23.4 Å². The van der Waals surface area contributed by atoms with Gasteiger partial charge in [-0.3, -0.25) is 14.9 Å². The van der Waals surface area contributed by atoms with Crippen molar-refractivity contribution in [3.05, 3.63) is 64.4 Å². The van der Waals surface area contributed by atoms with E-state index in [0.717, 1.165) is 24.3 Å². The zero-order valence-corrected chi connectivity index (χ0v) is 12.1. The summed E-state index contributed by atoms with van der Waals surface area (Å²) >= 11 is 0. The molecule has 0 spiro atoms. The first-order valence-corrected chi connectivity index (χ1v) is 6.58. The van der Waals surface area contributed by atoms with Crippen LogP contribution in [0.2, 0.25) is 0 Å². The van der Waals surface area contributed by atoms with Crippen molar-refractivity contribution in [2.75, 3.05) is 11.9 Å². The Morgan fingerprint density at radius 2 is 2.17 bits per heavy atom. The smallest absolute Gasteiger partial charge is 0.331 e. The quantitative estimate of drug-likeness (QED) is 0.376. The molecule has 1 heterocycles. The first-order valence-electron chi connectivity index (χ1n) is 6.58. The number of nitro groups is 1. The van der Waals surface area contributed by atoms with Gasteiger partial charge in [-0.05, 0) is 30.3 Å². The molecule has 0 aliphatic carbocycles. The average Bonchev–Trinajstić information content (AvgIpc) is 3.06. The van der Waals surface area contributed by atoms with Crippen LogP contribution in [0.4, 0.5) is 15.8 Å². The van der Waals surface area contributed by atoms with Crippen LogP contribution < -0.4 is 5.32 Å². The minimum absolute atomic E-state index is 0.00952. The van der Waals surface area contributed by atoms with E-state index in [1.807, 2.05) is 0 Å². The van der Waals surface area contributed by atoms with Crippen LogP contribution in [0.3, 0.4) is 0 Å². The highest BCUT2D eigenvalue weighted by atomic mass is 19.1. The summed E-state index contributed by atoms with van der Waals surface area (Å²) in [6, 6.07) is 6.13. The molecule has 0 saturated heterocycles. The molecule has 0 saturated carbocycles. The highest BCUT2D eigenvalue weighted by Crippen LogP contribution is 2.21. The molecular formula is C15H11FN2O6. The number of benzene rings is 1. The molecular weight excluding hydrogens is 323 g/mol. The van der Waals surface area contributed by atoms with Crippen LogP contribution in [0.25, 0.3) is 6.08 Å². The number of nitrogens with one attached hydrogen (secondary N) is 1. The lowest BCUT2D eigenvalue weighted by Crippen LogP contribution is -2.20. The lowest BCUT2D eigenvalue weighted by atomic mass is 10.2. The molecule has 24 heavy (non-hydrogen) atoms. The zero-order chi connectivity index (χ0) is 17.5. The molecule has 0 aliphatic heterocycles. The number of halogens is 1. The van der Waals surface area contributed by atoms with Gasteiger partial charge < -0.3 is 14.5 Å². The summed E-state index contributed by atoms with van der Waals surface area (Å²) < 4.78 is 22.8. The number of ether oxygens (including phenoxy) is 1. The number of hydrogen-bond acceptors (Lipinski definition) is 6. The number of anilines is 1. The summed E-state index contributed by atoms with van der Waals surface area (Å²) in [5, 5.41) is 12.9. The highest BCUT2D eigenvalue weighted by molar-refractivity contribution is 5.94. The second-order valence-electron chi connectivity index (χ2n) is 4.43. The Kier molecular flexibility index (Phi) is 5.40. The van der Waals surface area contributed by atoms with Gasteiger partial charge in [-0.2, -0.15) is 4.39 Å². The van der Waals surface area contributed by atoms with Crippen molar-refractivity contribution in [1.82, 2.24) is 0 Å². The van der Waals surface area contributed by atoms with Gasteiger partial charge in [0.15, 0.2) is 6.61 Å². The topological polar surface area (TPSA) is 112 Å². The monoisotopic (exact) mass is 334 g/mol. The fourth-order valence-electron chi connectivity index (χ4n) is 1.65. The van der Waals surface area contributed by atoms with Crippen LogP contribution in [0.15, 0.2) is 47.1 Å². The number of nitro benzene ring substituents is 1. The Morgan fingerprint density at radius 1 is 1.38 bits per heavy atom. The Bertz CT molecular complexity index is 785. The number of carbonyl (C=O) groups excluding carboxylic acids is 2. The van der Waals surface area contributed by atoms with Crippen molar-refractivity contribution in [3.63, 3.8) is 0 Å². The first-order chi connectivity index (χ1) is 11.5. The van der Waals surface area contributed by atoms with E-state index in [9.17, 15) is 24.1 Å². The molecule has 2 rings (SSSR count). The van der Waals surface area contributed by atoms with Crippen LogP contribution in [0.5, 0.6) is 0 Å². The number of nitrogens with zero attached hydrogens (tertiary/aromatic N) is 1. The van der Waals surface area contributed by atoms with Crippen LogP contribution in [0.1, 0.15) is 5.76 Å². The van der Waals surface area contributed by atoms with Gasteiger partial charge in [-0.25, -0.2) is 4.79 Å². The van der Waals surface area contributed by atoms with Crippen molar-refractivity contribution in [3.8, 4) is 0 Å². The molecule has 2 aromatic rings. The highest BCUT2D eigenvalue weighted by Gasteiger charge is 2.15. The van der Waals surface area contributed by atoms with Gasteiger partial charge in [0.1, 0.15) is 5.76 Å². The fraction of sp³-hybridized carbons (Fsp3) is 0.0667. The molecule has 0 bridgehead atoms. The molecule has 1 amide bonds. The largest absolute Gasteiger partial charge is 0.465 e. The van der Waals surface area contributed by atoms with Gasteiger partial charge in [0, 0.05) is 17.8 Å². The third kappa shape index (κ3) is 4.77. The molecule has 1 aromatic heterocycles. The lowest BCUT2D eigenvalue weighted by molar-refractivity contribution is -0.387. The van der Waals surface area contributed by atoms with Gasteiger partial charge in [-0.15, -0.1) is 0 Å². The molecule has 0 aliphatic rings. The summed E-state index contributed by atoms with van der Waals surface area (Å²) in [5.41, 5.74) is -0.763. The van der Waals surface area contributed by atoms with Crippen LogP contribution in [0, 0.1) is 15.9 Å². The summed E-state index contributed by atoms with van der Waals surface area (Å²) in [5.74, 6) is -2.08. The van der Waals surface area contributed by atoms with E-state index < -0.39 is 34.9 Å². The summed E-state index contributed by atoms with van der Waals surface area (Å²) in [6.07, 6.45) is 3.87. The SMILES string of the molecule is O=C(COC(=O)C=Cc1ccco1)Nc1ccc(F)c([N+](=O)[O-])c1. The van der Waals surface area contributed by atoms with E-state index in [2.05, 4.69) is 10.1 Å². The van der Waals surface area contributed by atoms with E-state index >= 15 is 0 Å². The molecule has 1 aromatic carbocycles. The maximum absolute atomic E-state index is 13.2. The van der Waals surface area contributed by atoms with Gasteiger partial charge in [0.2, 0.25) is 5.82 Å². The molecule has 1 N–H and O–H groups in total. The van der Waals surface area contributed by atoms with Crippen molar-refractivity contribution < 1.29 is 28.1 Å². The van der Waals surface area contributed by atoms with E-state index in [0.29, 0.717) is 5.76 Å². The van der Waals surface area contributed by atoms with Gasteiger partial charge in [-0.1, -0.05) is 0 Å². The molecule has 0 radical (unpaired) electrons. The number of amides is 1. The number of furan rings is 1. The molecule has 124 valence electrons. The van der Waals surface area contributed by atoms with Crippen LogP contribution >= 0.6 is 0 Å². The first kappa shape index (κ1) is 16.9. The second-order valence-corrected chi connectivity index (χ2v) is 4.43. The van der Waals surface area contributed by atoms with Crippen molar-refractivity contribution in [2.24, 2.45) is 0 Å². The van der Waals surface area contributed by atoms with E-state index in [-0.39, 0.29) is 5.69 Å². The maximum Gasteiger partial charge on any atom is 0.331 e. The minimum Gasteiger partial charge on any atom is -0.465 e. The summed E-state index contributed by atoms with van der Waals surface area (Å²) in [6.45, 7) is -0.605. The lowest BCUT2D eigenvalue weighted by Gasteiger charge is -2.05. The van der Waals surface area contributed by atoms with Gasteiger partial charge in [0.25, 0.3) is 5.91 Å². The third-order valence-corrected chi connectivity index (χ3v) is 2.70. The Morgan fingerprint density at radius 3 is 2.83 bits per heavy atom. The van der Waals surface area contributed by atoms with Crippen molar-refractivity contribution in [1.29, 1.82) is 0 Å². The molecule has 0 unspecified atom stereocenters. The van der Waals surface area contributed by atoms with Crippen molar-refractivity contribution >= 4 is 29.3 Å². The maximum atomic E-state index is 13.2. The molecule has 9 heteroatoms. The predicted octanol–water partition coefficient (Wildman–Crippen LogP) is 2.52. The van der Waals surface area contributed by atoms with Gasteiger partial charge in [0.05, 0.1) is 11.2 Å². The summed E-state index contributed by atoms with van der Waals surface area (Å²) in [4.78, 5) is 32.7. The predicted molar refractivity (Wildman–Crippen MR) is 80.4 cm³/mol. The van der Waals surface area contributed by atoms with Crippen LogP contribution in [-0.2, 0) is 14.3 Å². The van der Waals surface area contributed by atoms with E-state index in [4.69, 9.17) is 4.42 Å². The average molecular weight is 334 g/mol. The van der Waals surface area contributed by atoms with Crippen molar-refractivity contribution in [2.45, 2.75) is 0 Å². The Hall–Kier alpha value is -3.49.